The average Bonchev–Trinajstić information content (AvgIpc) is 2.24. The molecule has 1 rings (SSSR count). The van der Waals surface area contributed by atoms with Crippen molar-refractivity contribution in [3.8, 4) is 0 Å². The molecule has 1 aromatic heterocycles. The Balaban J connectivity index is 2.61. The van der Waals surface area contributed by atoms with Gasteiger partial charge in [0, 0.05) is 24.5 Å². The summed E-state index contributed by atoms with van der Waals surface area (Å²) in [6.45, 7) is 5.13. The van der Waals surface area contributed by atoms with Crippen molar-refractivity contribution in [3.63, 3.8) is 0 Å². The van der Waals surface area contributed by atoms with Gasteiger partial charge in [0.15, 0.2) is 0 Å². The quantitative estimate of drug-likeness (QED) is 0.906. The highest BCUT2D eigenvalue weighted by molar-refractivity contribution is 5.67. The second kappa shape index (κ2) is 5.75. The third-order valence-electron chi connectivity index (χ3n) is 2.00. The Labute approximate surface area is 104 Å². The summed E-state index contributed by atoms with van der Waals surface area (Å²) >= 11 is 0. The fourth-order valence-electron chi connectivity index (χ4n) is 1.28. The first-order valence-electron chi connectivity index (χ1n) is 5.47. The SMILES string of the molecule is CC(C)(C)OC(=O)NCc1cnccc1C(F)F. The minimum Gasteiger partial charge on any atom is -0.444 e. The minimum atomic E-state index is -2.59. The van der Waals surface area contributed by atoms with Crippen LogP contribution in [0.3, 0.4) is 0 Å². The van der Waals surface area contributed by atoms with E-state index in [1.54, 1.807) is 20.8 Å². The Morgan fingerprint density at radius 2 is 2.17 bits per heavy atom. The number of nitrogens with one attached hydrogen (secondary N) is 1. The predicted octanol–water partition coefficient (Wildman–Crippen LogP) is 3.04. The van der Waals surface area contributed by atoms with Crippen molar-refractivity contribution in [3.05, 3.63) is 29.6 Å². The molecule has 0 atom stereocenters. The number of ether oxygens (including phenoxy) is 1. The molecular weight excluding hydrogens is 242 g/mol. The molecule has 0 bridgehead atoms. The number of nitrogens with zero attached hydrogens (tertiary/aromatic N) is 1. The number of alkyl halides is 2. The van der Waals surface area contributed by atoms with Crippen molar-refractivity contribution in [2.24, 2.45) is 0 Å². The molecule has 0 unspecified atom stereocenters. The summed E-state index contributed by atoms with van der Waals surface area (Å²) in [5, 5.41) is 2.42. The molecule has 4 nitrogen and oxygen atoms in total. The Morgan fingerprint density at radius 3 is 2.72 bits per heavy atom. The molecule has 1 amide bonds. The second-order valence-corrected chi connectivity index (χ2v) is 4.73. The maximum Gasteiger partial charge on any atom is 0.407 e. The molecule has 0 saturated heterocycles. The van der Waals surface area contributed by atoms with Gasteiger partial charge in [0.05, 0.1) is 0 Å². The molecule has 0 aliphatic heterocycles. The topological polar surface area (TPSA) is 51.2 Å². The van der Waals surface area contributed by atoms with E-state index in [0.29, 0.717) is 0 Å². The van der Waals surface area contributed by atoms with Crippen molar-refractivity contribution in [1.29, 1.82) is 0 Å². The second-order valence-electron chi connectivity index (χ2n) is 4.73. The normalized spacial score (nSPS) is 11.4. The number of carbonyl (C=O) groups is 1. The van der Waals surface area contributed by atoms with E-state index >= 15 is 0 Å². The summed E-state index contributed by atoms with van der Waals surface area (Å²) in [5.74, 6) is 0. The first-order valence-corrected chi connectivity index (χ1v) is 5.47. The monoisotopic (exact) mass is 258 g/mol. The smallest absolute Gasteiger partial charge is 0.407 e. The van der Waals surface area contributed by atoms with Crippen molar-refractivity contribution < 1.29 is 18.3 Å². The highest BCUT2D eigenvalue weighted by Gasteiger charge is 2.17. The van der Waals surface area contributed by atoms with Crippen LogP contribution in [0.25, 0.3) is 0 Å². The Bertz CT molecular complexity index is 417. The van der Waals surface area contributed by atoms with Crippen LogP contribution in [0.2, 0.25) is 0 Å². The van der Waals surface area contributed by atoms with Crippen LogP contribution in [-0.4, -0.2) is 16.7 Å². The maximum atomic E-state index is 12.7. The van der Waals surface area contributed by atoms with Crippen LogP contribution in [0, 0.1) is 0 Å². The van der Waals surface area contributed by atoms with Crippen molar-refractivity contribution in [1.82, 2.24) is 10.3 Å². The van der Waals surface area contributed by atoms with Crippen LogP contribution in [0.4, 0.5) is 13.6 Å². The molecule has 0 aliphatic rings. The zero-order chi connectivity index (χ0) is 13.8. The van der Waals surface area contributed by atoms with Gasteiger partial charge in [-0.2, -0.15) is 0 Å². The van der Waals surface area contributed by atoms with Gasteiger partial charge in [-0.1, -0.05) is 0 Å². The highest BCUT2D eigenvalue weighted by Crippen LogP contribution is 2.21. The largest absolute Gasteiger partial charge is 0.444 e. The maximum absolute atomic E-state index is 12.7. The number of aromatic nitrogens is 1. The molecule has 0 aromatic carbocycles. The minimum absolute atomic E-state index is 0.0393. The third-order valence-corrected chi connectivity index (χ3v) is 2.00. The van der Waals surface area contributed by atoms with Gasteiger partial charge in [0.1, 0.15) is 5.60 Å². The average molecular weight is 258 g/mol. The number of amides is 1. The summed E-state index contributed by atoms with van der Waals surface area (Å²) in [6, 6.07) is 1.23. The summed E-state index contributed by atoms with van der Waals surface area (Å²) in [7, 11) is 0. The first-order chi connectivity index (χ1) is 8.29. The van der Waals surface area contributed by atoms with E-state index in [9.17, 15) is 13.6 Å². The van der Waals surface area contributed by atoms with Gasteiger partial charge in [-0.15, -0.1) is 0 Å². The first kappa shape index (κ1) is 14.3. The van der Waals surface area contributed by atoms with E-state index in [-0.39, 0.29) is 17.7 Å². The van der Waals surface area contributed by atoms with Gasteiger partial charge in [-0.05, 0) is 32.4 Å². The molecule has 0 fully saturated rings. The van der Waals surface area contributed by atoms with Gasteiger partial charge < -0.3 is 10.1 Å². The van der Waals surface area contributed by atoms with Gasteiger partial charge in [-0.3, -0.25) is 4.98 Å². The number of rotatable bonds is 3. The molecule has 6 heteroatoms. The highest BCUT2D eigenvalue weighted by atomic mass is 19.3. The van der Waals surface area contributed by atoms with Crippen LogP contribution in [-0.2, 0) is 11.3 Å². The molecule has 1 N–H and O–H groups in total. The summed E-state index contributed by atoms with van der Waals surface area (Å²) in [5.41, 5.74) is -0.482. The number of hydrogen-bond acceptors (Lipinski definition) is 3. The fourth-order valence-corrected chi connectivity index (χ4v) is 1.28. The van der Waals surface area contributed by atoms with Gasteiger partial charge in [0.2, 0.25) is 0 Å². The number of pyridine rings is 1. The molecule has 1 heterocycles. The van der Waals surface area contributed by atoms with Crippen molar-refractivity contribution in [2.75, 3.05) is 0 Å². The van der Waals surface area contributed by atoms with E-state index in [4.69, 9.17) is 4.74 Å². The standard InChI is InChI=1S/C12H16F2N2O2/c1-12(2,3)18-11(17)16-7-8-6-15-5-4-9(8)10(13)14/h4-6,10H,7H2,1-3H3,(H,16,17). The molecule has 0 saturated carbocycles. The Kier molecular flexibility index (Phi) is 4.58. The molecule has 100 valence electrons. The van der Waals surface area contributed by atoms with E-state index in [0.717, 1.165) is 0 Å². The molecular formula is C12H16F2N2O2. The van der Waals surface area contributed by atoms with Crippen molar-refractivity contribution in [2.45, 2.75) is 39.3 Å². The van der Waals surface area contributed by atoms with Gasteiger partial charge >= 0.3 is 6.09 Å². The fraction of sp³-hybridized carbons (Fsp3) is 0.500. The summed E-state index contributed by atoms with van der Waals surface area (Å²) in [4.78, 5) is 15.1. The lowest BCUT2D eigenvalue weighted by molar-refractivity contribution is 0.0522. The zero-order valence-electron chi connectivity index (χ0n) is 10.5. The van der Waals surface area contributed by atoms with E-state index in [1.807, 2.05) is 0 Å². The number of halogens is 2. The van der Waals surface area contributed by atoms with Crippen LogP contribution < -0.4 is 5.32 Å². The van der Waals surface area contributed by atoms with Crippen LogP contribution in [0.15, 0.2) is 18.5 Å². The third kappa shape index (κ3) is 4.65. The zero-order valence-corrected chi connectivity index (χ0v) is 10.5. The number of hydrogen-bond donors (Lipinski definition) is 1. The molecule has 1 aromatic rings. The molecule has 0 aliphatic carbocycles. The number of carbonyl (C=O) groups excluding carboxylic acids is 1. The van der Waals surface area contributed by atoms with Crippen LogP contribution in [0.5, 0.6) is 0 Å². The lowest BCUT2D eigenvalue weighted by Crippen LogP contribution is -2.32. The molecule has 0 radical (unpaired) electrons. The van der Waals surface area contributed by atoms with Crippen molar-refractivity contribution >= 4 is 6.09 Å². The van der Waals surface area contributed by atoms with E-state index in [2.05, 4.69) is 10.3 Å². The lowest BCUT2D eigenvalue weighted by atomic mass is 10.1. The molecule has 18 heavy (non-hydrogen) atoms. The van der Waals surface area contributed by atoms with E-state index in [1.165, 1.54) is 18.5 Å². The van der Waals surface area contributed by atoms with Gasteiger partial charge in [0.25, 0.3) is 6.43 Å². The summed E-state index contributed by atoms with van der Waals surface area (Å²) < 4.78 is 30.3. The number of alkyl carbamates (subject to hydrolysis) is 1. The molecule has 0 spiro atoms. The Hall–Kier alpha value is -1.72. The lowest BCUT2D eigenvalue weighted by Gasteiger charge is -2.20. The summed E-state index contributed by atoms with van der Waals surface area (Å²) in [6.07, 6.45) is -0.646. The van der Waals surface area contributed by atoms with Crippen LogP contribution >= 0.6 is 0 Å². The predicted molar refractivity (Wildman–Crippen MR) is 62.3 cm³/mol. The Morgan fingerprint density at radius 1 is 1.50 bits per heavy atom. The van der Waals surface area contributed by atoms with Gasteiger partial charge in [-0.25, -0.2) is 13.6 Å². The van der Waals surface area contributed by atoms with E-state index < -0.39 is 18.1 Å². The van der Waals surface area contributed by atoms with Crippen LogP contribution in [0.1, 0.15) is 38.3 Å².